The Hall–Kier alpha value is -1.60. The minimum absolute atomic E-state index is 0.119. The van der Waals surface area contributed by atoms with E-state index in [2.05, 4.69) is 28.0 Å². The molecule has 0 amide bonds. The van der Waals surface area contributed by atoms with E-state index in [-0.39, 0.29) is 17.2 Å². The number of aromatic nitrogens is 2. The summed E-state index contributed by atoms with van der Waals surface area (Å²) in [6.45, 7) is 7.83. The Balaban J connectivity index is 1.33. The van der Waals surface area contributed by atoms with E-state index >= 15 is 0 Å². The van der Waals surface area contributed by atoms with Crippen molar-refractivity contribution in [2.24, 2.45) is 5.92 Å². The molecule has 6 nitrogen and oxygen atoms in total. The second-order valence-corrected chi connectivity index (χ2v) is 11.4. The molecule has 1 aromatic carbocycles. The molecule has 2 bridgehead atoms. The predicted octanol–water partition coefficient (Wildman–Crippen LogP) is 3.36. The number of phenolic OH excluding ortho intramolecular Hbond substituents is 1. The molecule has 7 heteroatoms. The summed E-state index contributed by atoms with van der Waals surface area (Å²) in [4.78, 5) is 5.08. The zero-order valence-electron chi connectivity index (χ0n) is 19.5. The SMILES string of the molecule is Cc1cnn(CCN2CCC34CCN(CC5CC5)C(Cc5cc(Cl)c(O)cc53)C4(O)CC2)c1. The van der Waals surface area contributed by atoms with Gasteiger partial charge in [-0.25, -0.2) is 0 Å². The molecule has 3 fully saturated rings. The third-order valence-corrected chi connectivity index (χ3v) is 9.31. The molecule has 1 aromatic heterocycles. The first kappa shape index (κ1) is 21.9. The number of nitrogens with zero attached hydrogens (tertiary/aromatic N) is 4. The first-order chi connectivity index (χ1) is 15.9. The highest BCUT2D eigenvalue weighted by Gasteiger charge is 2.63. The van der Waals surface area contributed by atoms with Crippen molar-refractivity contribution in [3.8, 4) is 5.75 Å². The van der Waals surface area contributed by atoms with Gasteiger partial charge in [0.2, 0.25) is 0 Å². The number of aryl methyl sites for hydroxylation is 1. The summed E-state index contributed by atoms with van der Waals surface area (Å²) in [6.07, 6.45) is 10.1. The molecule has 6 rings (SSSR count). The zero-order chi connectivity index (χ0) is 22.8. The molecule has 33 heavy (non-hydrogen) atoms. The van der Waals surface area contributed by atoms with Crippen LogP contribution in [0.3, 0.4) is 0 Å². The summed E-state index contributed by atoms with van der Waals surface area (Å²) < 4.78 is 2.02. The van der Waals surface area contributed by atoms with Gasteiger partial charge in [0.05, 0.1) is 23.4 Å². The van der Waals surface area contributed by atoms with Crippen LogP contribution in [0.15, 0.2) is 24.5 Å². The predicted molar refractivity (Wildman–Crippen MR) is 129 cm³/mol. The third kappa shape index (κ3) is 3.61. The van der Waals surface area contributed by atoms with Crippen molar-refractivity contribution in [2.45, 2.75) is 69.1 Å². The second-order valence-electron chi connectivity index (χ2n) is 11.0. The summed E-state index contributed by atoms with van der Waals surface area (Å²) in [5.74, 6) is 0.937. The molecule has 4 aliphatic rings. The van der Waals surface area contributed by atoms with E-state index < -0.39 is 5.60 Å². The minimum Gasteiger partial charge on any atom is -0.506 e. The molecule has 3 unspecified atom stereocenters. The highest BCUT2D eigenvalue weighted by molar-refractivity contribution is 6.32. The molecule has 2 N–H and O–H groups in total. The molecule has 1 saturated carbocycles. The van der Waals surface area contributed by atoms with Crippen molar-refractivity contribution in [3.63, 3.8) is 0 Å². The maximum absolute atomic E-state index is 12.6. The summed E-state index contributed by atoms with van der Waals surface area (Å²) in [7, 11) is 0. The van der Waals surface area contributed by atoms with Crippen LogP contribution in [-0.2, 0) is 18.4 Å². The smallest absolute Gasteiger partial charge is 0.134 e. The van der Waals surface area contributed by atoms with Gasteiger partial charge in [-0.1, -0.05) is 11.6 Å². The zero-order valence-corrected chi connectivity index (χ0v) is 20.3. The van der Waals surface area contributed by atoms with Gasteiger partial charge >= 0.3 is 0 Å². The number of hydrogen-bond donors (Lipinski definition) is 2. The molecular weight excluding hydrogens is 436 g/mol. The van der Waals surface area contributed by atoms with Gasteiger partial charge in [0.15, 0.2) is 0 Å². The fourth-order valence-corrected chi connectivity index (χ4v) is 7.18. The normalized spacial score (nSPS) is 32.3. The number of rotatable bonds is 5. The van der Waals surface area contributed by atoms with Gasteiger partial charge in [0.25, 0.3) is 0 Å². The lowest BCUT2D eigenvalue weighted by Gasteiger charge is -2.61. The quantitative estimate of drug-likeness (QED) is 0.701. The summed E-state index contributed by atoms with van der Waals surface area (Å²) in [5, 5.41) is 27.9. The van der Waals surface area contributed by atoms with E-state index in [0.717, 1.165) is 76.4 Å². The summed E-state index contributed by atoms with van der Waals surface area (Å²) in [5.41, 5.74) is 2.42. The lowest BCUT2D eigenvalue weighted by Crippen LogP contribution is -2.71. The van der Waals surface area contributed by atoms with Crippen molar-refractivity contribution in [2.75, 3.05) is 32.7 Å². The molecule has 0 spiro atoms. The van der Waals surface area contributed by atoms with Crippen LogP contribution in [0.1, 0.15) is 48.8 Å². The number of aromatic hydroxyl groups is 1. The highest BCUT2D eigenvalue weighted by atomic mass is 35.5. The molecule has 2 aliphatic carbocycles. The first-order valence-corrected chi connectivity index (χ1v) is 13.0. The van der Waals surface area contributed by atoms with Crippen molar-refractivity contribution in [3.05, 3.63) is 46.2 Å². The van der Waals surface area contributed by atoms with E-state index in [4.69, 9.17) is 11.6 Å². The number of likely N-dealkylation sites (tertiary alicyclic amines) is 2. The Morgan fingerprint density at radius 1 is 1.12 bits per heavy atom. The summed E-state index contributed by atoms with van der Waals surface area (Å²) in [6, 6.07) is 3.95. The van der Waals surface area contributed by atoms with Crippen molar-refractivity contribution in [1.29, 1.82) is 0 Å². The molecule has 2 aromatic rings. The van der Waals surface area contributed by atoms with Gasteiger partial charge in [0.1, 0.15) is 5.75 Å². The minimum atomic E-state index is -0.787. The van der Waals surface area contributed by atoms with E-state index in [1.165, 1.54) is 24.0 Å². The lowest BCUT2D eigenvalue weighted by atomic mass is 9.52. The topological polar surface area (TPSA) is 64.8 Å². The monoisotopic (exact) mass is 470 g/mol. The van der Waals surface area contributed by atoms with Gasteiger partial charge in [-0.2, -0.15) is 5.10 Å². The number of benzene rings is 1. The Bertz CT molecular complexity index is 1050. The summed E-state index contributed by atoms with van der Waals surface area (Å²) >= 11 is 6.35. The van der Waals surface area contributed by atoms with Gasteiger partial charge in [-0.15, -0.1) is 0 Å². The van der Waals surface area contributed by atoms with Crippen LogP contribution in [0.2, 0.25) is 5.02 Å². The van der Waals surface area contributed by atoms with Crippen molar-refractivity contribution in [1.82, 2.24) is 19.6 Å². The molecule has 0 radical (unpaired) electrons. The fourth-order valence-electron chi connectivity index (χ4n) is 7.00. The average molecular weight is 471 g/mol. The van der Waals surface area contributed by atoms with Gasteiger partial charge in [-0.3, -0.25) is 9.58 Å². The highest BCUT2D eigenvalue weighted by Crippen LogP contribution is 2.57. The van der Waals surface area contributed by atoms with Crippen LogP contribution >= 0.6 is 11.6 Å². The number of piperidine rings is 1. The Morgan fingerprint density at radius 3 is 2.67 bits per heavy atom. The lowest BCUT2D eigenvalue weighted by molar-refractivity contribution is -0.149. The maximum atomic E-state index is 12.6. The molecule has 3 atom stereocenters. The van der Waals surface area contributed by atoms with Gasteiger partial charge in [-0.05, 0) is 93.3 Å². The number of fused-ring (bicyclic) bond motifs is 1. The van der Waals surface area contributed by atoms with Crippen LogP contribution in [0.25, 0.3) is 0 Å². The number of hydrogen-bond acceptors (Lipinski definition) is 5. The average Bonchev–Trinajstić information content (AvgIpc) is 3.53. The number of halogens is 1. The molecular formula is C26H35ClN4O2. The molecule has 178 valence electrons. The van der Waals surface area contributed by atoms with Crippen LogP contribution in [-0.4, -0.2) is 74.2 Å². The first-order valence-electron chi connectivity index (χ1n) is 12.6. The Kier molecular flexibility index (Phi) is 5.29. The van der Waals surface area contributed by atoms with Crippen LogP contribution in [0.5, 0.6) is 5.75 Å². The van der Waals surface area contributed by atoms with Crippen LogP contribution in [0.4, 0.5) is 0 Å². The van der Waals surface area contributed by atoms with Gasteiger partial charge in [0, 0.05) is 37.3 Å². The fraction of sp³-hybridized carbons (Fsp3) is 0.654. The van der Waals surface area contributed by atoms with E-state index in [9.17, 15) is 10.2 Å². The second kappa shape index (κ2) is 7.98. The standard InChI is InChI=1S/C26H35ClN4O2/c1-18-15-28-31(16-18)11-10-29-7-4-25-5-9-30(17-19-2-3-19)24(26(25,33)6-8-29)13-20-12-22(27)23(32)14-21(20)25/h12,14-16,19,24,32-33H,2-11,13,17H2,1H3. The largest absolute Gasteiger partial charge is 0.506 e. The number of aliphatic hydroxyl groups is 1. The molecule has 2 saturated heterocycles. The molecule has 2 aliphatic heterocycles. The van der Waals surface area contributed by atoms with E-state index in [0.29, 0.717) is 5.02 Å². The Labute approximate surface area is 201 Å². The van der Waals surface area contributed by atoms with E-state index in [1.54, 1.807) is 0 Å². The van der Waals surface area contributed by atoms with Crippen LogP contribution < -0.4 is 0 Å². The van der Waals surface area contributed by atoms with Crippen molar-refractivity contribution < 1.29 is 10.2 Å². The Morgan fingerprint density at radius 2 is 1.91 bits per heavy atom. The van der Waals surface area contributed by atoms with E-state index in [1.807, 2.05) is 23.0 Å². The maximum Gasteiger partial charge on any atom is 0.134 e. The third-order valence-electron chi connectivity index (χ3n) is 9.01. The van der Waals surface area contributed by atoms with Crippen LogP contribution in [0, 0.1) is 12.8 Å². The molecule has 3 heterocycles. The number of phenols is 1. The van der Waals surface area contributed by atoms with Gasteiger partial charge < -0.3 is 15.1 Å². The van der Waals surface area contributed by atoms with Crippen molar-refractivity contribution >= 4 is 11.6 Å².